The van der Waals surface area contributed by atoms with Crippen molar-refractivity contribution in [1.82, 2.24) is 20.7 Å². The van der Waals surface area contributed by atoms with Crippen molar-refractivity contribution in [1.29, 1.82) is 0 Å². The molecule has 3 N–H and O–H groups in total. The molecule has 6 nitrogen and oxygen atoms in total. The first-order chi connectivity index (χ1) is 7.20. The van der Waals surface area contributed by atoms with Gasteiger partial charge in [-0.2, -0.15) is 15.4 Å². The number of aromatic nitrogens is 3. The first kappa shape index (κ1) is 10.1. The third-order valence-electron chi connectivity index (χ3n) is 2.76. The largest absolute Gasteiger partial charge is 0.388 e. The van der Waals surface area contributed by atoms with Crippen LogP contribution in [0.15, 0.2) is 6.20 Å². The summed E-state index contributed by atoms with van der Waals surface area (Å²) in [5.74, 6) is -0.302. The highest BCUT2D eigenvalue weighted by molar-refractivity contribution is 5.91. The Morgan fingerprint density at radius 1 is 1.60 bits per heavy atom. The van der Waals surface area contributed by atoms with E-state index >= 15 is 0 Å². The van der Waals surface area contributed by atoms with E-state index in [4.69, 9.17) is 0 Å². The van der Waals surface area contributed by atoms with Crippen molar-refractivity contribution in [2.24, 2.45) is 0 Å². The summed E-state index contributed by atoms with van der Waals surface area (Å²) in [5, 5.41) is 22.2. The molecule has 82 valence electrons. The minimum atomic E-state index is -0.723. The highest BCUT2D eigenvalue weighted by atomic mass is 16.3. The molecule has 6 heteroatoms. The zero-order chi connectivity index (χ0) is 10.7. The number of amides is 1. The van der Waals surface area contributed by atoms with Crippen molar-refractivity contribution in [3.05, 3.63) is 11.9 Å². The van der Waals surface area contributed by atoms with E-state index in [1.165, 1.54) is 6.20 Å². The number of rotatable bonds is 3. The van der Waals surface area contributed by atoms with Gasteiger partial charge < -0.3 is 10.4 Å². The number of nitrogens with zero attached hydrogens (tertiary/aromatic N) is 2. The molecule has 1 saturated carbocycles. The lowest BCUT2D eigenvalue weighted by Crippen LogP contribution is -2.40. The van der Waals surface area contributed by atoms with Gasteiger partial charge in [-0.3, -0.25) is 4.79 Å². The van der Waals surface area contributed by atoms with Crippen LogP contribution in [0.2, 0.25) is 0 Å². The lowest BCUT2D eigenvalue weighted by molar-refractivity contribution is 0.0448. The molecule has 0 spiro atoms. The van der Waals surface area contributed by atoms with Gasteiger partial charge in [-0.15, -0.1) is 0 Å². The Labute approximate surface area is 87.1 Å². The summed E-state index contributed by atoms with van der Waals surface area (Å²) in [6, 6.07) is 0. The highest BCUT2D eigenvalue weighted by Crippen LogP contribution is 2.28. The summed E-state index contributed by atoms with van der Waals surface area (Å²) in [4.78, 5) is 11.5. The molecule has 1 aromatic heterocycles. The summed E-state index contributed by atoms with van der Waals surface area (Å²) >= 11 is 0. The molecule has 1 aliphatic carbocycles. The van der Waals surface area contributed by atoms with E-state index in [0.29, 0.717) is 6.54 Å². The average molecular weight is 210 g/mol. The van der Waals surface area contributed by atoms with Gasteiger partial charge in [0.05, 0.1) is 11.8 Å². The van der Waals surface area contributed by atoms with E-state index in [1.807, 2.05) is 0 Å². The van der Waals surface area contributed by atoms with E-state index in [9.17, 15) is 9.90 Å². The van der Waals surface area contributed by atoms with E-state index in [-0.39, 0.29) is 11.6 Å². The Morgan fingerprint density at radius 3 is 2.93 bits per heavy atom. The quantitative estimate of drug-likeness (QED) is 0.646. The predicted octanol–water partition coefficient (Wildman–Crippen LogP) is -0.160. The summed E-state index contributed by atoms with van der Waals surface area (Å²) in [6.07, 6.45) is 4.92. The molecule has 1 aromatic rings. The van der Waals surface area contributed by atoms with Gasteiger partial charge in [0.1, 0.15) is 0 Å². The standard InChI is InChI=1S/C9H14N4O2/c14-8(7-5-11-13-12-7)10-6-9(15)3-1-2-4-9/h5,15H,1-4,6H2,(H,10,14)(H,11,12,13). The second kappa shape index (κ2) is 3.98. The number of carbonyl (C=O) groups is 1. The summed E-state index contributed by atoms with van der Waals surface area (Å²) < 4.78 is 0. The van der Waals surface area contributed by atoms with Crippen molar-refractivity contribution in [2.45, 2.75) is 31.3 Å². The van der Waals surface area contributed by atoms with Crippen LogP contribution in [0.5, 0.6) is 0 Å². The van der Waals surface area contributed by atoms with Gasteiger partial charge in [0, 0.05) is 6.54 Å². The Hall–Kier alpha value is -1.43. The van der Waals surface area contributed by atoms with Gasteiger partial charge in [0.15, 0.2) is 5.69 Å². The van der Waals surface area contributed by atoms with Gasteiger partial charge in [0.25, 0.3) is 5.91 Å². The fraction of sp³-hybridized carbons (Fsp3) is 0.667. The van der Waals surface area contributed by atoms with Gasteiger partial charge >= 0.3 is 0 Å². The second-order valence-electron chi connectivity index (χ2n) is 3.97. The van der Waals surface area contributed by atoms with Crippen molar-refractivity contribution >= 4 is 5.91 Å². The number of hydrogen-bond donors (Lipinski definition) is 3. The van der Waals surface area contributed by atoms with Crippen molar-refractivity contribution in [3.8, 4) is 0 Å². The molecule has 1 amide bonds. The van der Waals surface area contributed by atoms with Crippen LogP contribution in [0.1, 0.15) is 36.2 Å². The molecule has 1 aliphatic rings. The van der Waals surface area contributed by atoms with Crippen LogP contribution in [0.4, 0.5) is 0 Å². The minimum Gasteiger partial charge on any atom is -0.388 e. The monoisotopic (exact) mass is 210 g/mol. The smallest absolute Gasteiger partial charge is 0.273 e. The zero-order valence-electron chi connectivity index (χ0n) is 8.36. The number of nitrogens with one attached hydrogen (secondary N) is 2. The molecule has 0 atom stereocenters. The Bertz CT molecular complexity index is 330. The number of hydrogen-bond acceptors (Lipinski definition) is 4. The number of aliphatic hydroxyl groups is 1. The Morgan fingerprint density at radius 2 is 2.33 bits per heavy atom. The van der Waals surface area contributed by atoms with Gasteiger partial charge in [0.2, 0.25) is 0 Å². The zero-order valence-corrected chi connectivity index (χ0v) is 8.36. The first-order valence-corrected chi connectivity index (χ1v) is 5.06. The Kier molecular flexibility index (Phi) is 2.68. The maximum absolute atomic E-state index is 11.5. The molecule has 15 heavy (non-hydrogen) atoms. The third kappa shape index (κ3) is 2.33. The molecule has 2 rings (SSSR count). The number of aromatic amines is 1. The van der Waals surface area contributed by atoms with E-state index < -0.39 is 5.60 Å². The molecular weight excluding hydrogens is 196 g/mol. The molecule has 0 bridgehead atoms. The van der Waals surface area contributed by atoms with Crippen LogP contribution < -0.4 is 5.32 Å². The van der Waals surface area contributed by atoms with E-state index in [0.717, 1.165) is 25.7 Å². The van der Waals surface area contributed by atoms with Crippen LogP contribution in [0.3, 0.4) is 0 Å². The first-order valence-electron chi connectivity index (χ1n) is 5.06. The van der Waals surface area contributed by atoms with Crippen molar-refractivity contribution in [3.63, 3.8) is 0 Å². The third-order valence-corrected chi connectivity index (χ3v) is 2.76. The molecule has 1 heterocycles. The maximum atomic E-state index is 11.5. The fourth-order valence-electron chi connectivity index (χ4n) is 1.86. The predicted molar refractivity (Wildman–Crippen MR) is 52.1 cm³/mol. The van der Waals surface area contributed by atoms with E-state index in [2.05, 4.69) is 20.7 Å². The molecule has 0 aliphatic heterocycles. The van der Waals surface area contributed by atoms with Crippen molar-refractivity contribution < 1.29 is 9.90 Å². The highest BCUT2D eigenvalue weighted by Gasteiger charge is 2.31. The lowest BCUT2D eigenvalue weighted by atomic mass is 10.0. The molecule has 0 radical (unpaired) electrons. The van der Waals surface area contributed by atoms with Crippen LogP contribution in [0, 0.1) is 0 Å². The molecule has 1 fully saturated rings. The average Bonchev–Trinajstić information content (AvgIpc) is 2.85. The number of carbonyl (C=O) groups excluding carboxylic acids is 1. The molecule has 0 saturated heterocycles. The topological polar surface area (TPSA) is 90.9 Å². The SMILES string of the molecule is O=C(NCC1(O)CCCC1)c1cn[nH]n1. The fourth-order valence-corrected chi connectivity index (χ4v) is 1.86. The summed E-state index contributed by atoms with van der Waals surface area (Å²) in [6.45, 7) is 0.290. The number of H-pyrrole nitrogens is 1. The van der Waals surface area contributed by atoms with Gasteiger partial charge in [-0.25, -0.2) is 0 Å². The summed E-state index contributed by atoms with van der Waals surface area (Å²) in [5.41, 5.74) is -0.476. The maximum Gasteiger partial charge on any atom is 0.273 e. The van der Waals surface area contributed by atoms with Crippen LogP contribution in [-0.4, -0.2) is 38.6 Å². The molecule has 0 aromatic carbocycles. The van der Waals surface area contributed by atoms with Crippen molar-refractivity contribution in [2.75, 3.05) is 6.54 Å². The molecular formula is C9H14N4O2. The van der Waals surface area contributed by atoms with Crippen LogP contribution >= 0.6 is 0 Å². The normalized spacial score (nSPS) is 19.0. The Balaban J connectivity index is 1.85. The minimum absolute atomic E-state index is 0.247. The second-order valence-corrected chi connectivity index (χ2v) is 3.97. The van der Waals surface area contributed by atoms with E-state index in [1.54, 1.807) is 0 Å². The molecule has 0 unspecified atom stereocenters. The summed E-state index contributed by atoms with van der Waals surface area (Å²) in [7, 11) is 0. The van der Waals surface area contributed by atoms with Gasteiger partial charge in [-0.05, 0) is 12.8 Å². The van der Waals surface area contributed by atoms with Crippen LogP contribution in [0.25, 0.3) is 0 Å². The van der Waals surface area contributed by atoms with Crippen LogP contribution in [-0.2, 0) is 0 Å². The lowest BCUT2D eigenvalue weighted by Gasteiger charge is -2.21. The van der Waals surface area contributed by atoms with Gasteiger partial charge in [-0.1, -0.05) is 12.8 Å².